The molecule has 0 bridgehead atoms. The predicted molar refractivity (Wildman–Crippen MR) is 131 cm³/mol. The number of imidazole rings is 1. The van der Waals surface area contributed by atoms with Gasteiger partial charge in [0, 0.05) is 24.4 Å². The summed E-state index contributed by atoms with van der Waals surface area (Å²) in [5.41, 5.74) is 5.62. The standard InChI is InChI=1S/C25H24N6OS/c32-21-7-2-1-6-18(21)29-25-30-19-9-8-15(11-22(19)33-25)12-23-28-20-13-16(14-27-24(20)31-23)17-5-3-4-10-26-17/h3-5,8-11,13-14,18,21,32H,1-2,6-7,12H2,(H,29,30)(H,27,28,31). The number of hydrogen-bond acceptors (Lipinski definition) is 7. The number of nitrogens with one attached hydrogen (secondary N) is 2. The van der Waals surface area contributed by atoms with Gasteiger partial charge in [0.25, 0.3) is 0 Å². The van der Waals surface area contributed by atoms with Crippen LogP contribution in [0, 0.1) is 0 Å². The summed E-state index contributed by atoms with van der Waals surface area (Å²) in [4.78, 5) is 21.7. The van der Waals surface area contributed by atoms with E-state index in [-0.39, 0.29) is 12.1 Å². The Kier molecular flexibility index (Phi) is 5.24. The molecule has 4 aromatic heterocycles. The maximum Gasteiger partial charge on any atom is 0.184 e. The van der Waals surface area contributed by atoms with Crippen molar-refractivity contribution in [1.29, 1.82) is 0 Å². The summed E-state index contributed by atoms with van der Waals surface area (Å²) < 4.78 is 1.13. The molecule has 3 N–H and O–H groups in total. The van der Waals surface area contributed by atoms with Crippen LogP contribution in [-0.4, -0.2) is 42.2 Å². The highest BCUT2D eigenvalue weighted by molar-refractivity contribution is 7.22. The molecule has 0 saturated heterocycles. The molecule has 7 nitrogen and oxygen atoms in total. The number of aliphatic hydroxyl groups is 1. The van der Waals surface area contributed by atoms with Crippen LogP contribution in [0.25, 0.3) is 32.6 Å². The van der Waals surface area contributed by atoms with Gasteiger partial charge in [-0.3, -0.25) is 4.98 Å². The first-order valence-electron chi connectivity index (χ1n) is 11.3. The van der Waals surface area contributed by atoms with E-state index in [1.54, 1.807) is 17.5 Å². The van der Waals surface area contributed by atoms with Crippen LogP contribution in [0.2, 0.25) is 0 Å². The van der Waals surface area contributed by atoms with Crippen molar-refractivity contribution in [2.75, 3.05) is 5.32 Å². The molecule has 8 heteroatoms. The van der Waals surface area contributed by atoms with Gasteiger partial charge >= 0.3 is 0 Å². The smallest absolute Gasteiger partial charge is 0.184 e. The summed E-state index contributed by atoms with van der Waals surface area (Å²) in [6.07, 6.45) is 8.10. The maximum atomic E-state index is 10.3. The number of nitrogens with zero attached hydrogens (tertiary/aromatic N) is 4. The normalized spacial score (nSPS) is 18.7. The molecular weight excluding hydrogens is 432 g/mol. The van der Waals surface area contributed by atoms with E-state index in [4.69, 9.17) is 4.98 Å². The number of anilines is 1. The Bertz CT molecular complexity index is 1410. The summed E-state index contributed by atoms with van der Waals surface area (Å²) in [5, 5.41) is 14.6. The van der Waals surface area contributed by atoms with Crippen molar-refractivity contribution in [2.45, 2.75) is 44.2 Å². The summed E-state index contributed by atoms with van der Waals surface area (Å²) in [5.74, 6) is 0.878. The van der Waals surface area contributed by atoms with Crippen molar-refractivity contribution in [1.82, 2.24) is 24.9 Å². The minimum absolute atomic E-state index is 0.0952. The summed E-state index contributed by atoms with van der Waals surface area (Å²) in [6.45, 7) is 0. The molecule has 4 heterocycles. The topological polar surface area (TPSA) is 99.6 Å². The Morgan fingerprint density at radius 3 is 2.88 bits per heavy atom. The molecule has 166 valence electrons. The quantitative estimate of drug-likeness (QED) is 0.347. The Hall–Kier alpha value is -3.36. The van der Waals surface area contributed by atoms with Gasteiger partial charge in [-0.1, -0.05) is 36.3 Å². The van der Waals surface area contributed by atoms with Gasteiger partial charge in [0.15, 0.2) is 10.8 Å². The van der Waals surface area contributed by atoms with Crippen molar-refractivity contribution in [2.24, 2.45) is 0 Å². The average molecular weight is 457 g/mol. The van der Waals surface area contributed by atoms with Gasteiger partial charge in [-0.05, 0) is 48.7 Å². The molecule has 1 aromatic carbocycles. The Labute approximate surface area is 195 Å². The van der Waals surface area contributed by atoms with Gasteiger partial charge in [-0.25, -0.2) is 15.0 Å². The van der Waals surface area contributed by atoms with Gasteiger partial charge in [0.05, 0.1) is 33.6 Å². The van der Waals surface area contributed by atoms with Gasteiger partial charge in [0.2, 0.25) is 0 Å². The summed E-state index contributed by atoms with van der Waals surface area (Å²) in [6, 6.07) is 14.3. The largest absolute Gasteiger partial charge is 0.391 e. The highest BCUT2D eigenvalue weighted by Gasteiger charge is 2.23. The van der Waals surface area contributed by atoms with Gasteiger partial charge in [0.1, 0.15) is 5.82 Å². The monoisotopic (exact) mass is 456 g/mol. The molecule has 0 aliphatic heterocycles. The minimum Gasteiger partial charge on any atom is -0.391 e. The second kappa shape index (κ2) is 8.53. The number of hydrogen-bond donors (Lipinski definition) is 3. The van der Waals surface area contributed by atoms with Crippen LogP contribution in [0.1, 0.15) is 37.1 Å². The minimum atomic E-state index is -0.291. The van der Waals surface area contributed by atoms with Crippen molar-refractivity contribution in [3.05, 3.63) is 66.2 Å². The first-order chi connectivity index (χ1) is 16.2. The van der Waals surface area contributed by atoms with E-state index in [1.807, 2.05) is 30.5 Å². The van der Waals surface area contributed by atoms with E-state index in [0.717, 1.165) is 63.6 Å². The van der Waals surface area contributed by atoms with E-state index >= 15 is 0 Å². The van der Waals surface area contributed by atoms with Crippen molar-refractivity contribution >= 4 is 37.8 Å². The molecule has 0 spiro atoms. The van der Waals surface area contributed by atoms with E-state index in [9.17, 15) is 5.11 Å². The summed E-state index contributed by atoms with van der Waals surface area (Å²) >= 11 is 1.64. The Balaban J connectivity index is 1.22. The van der Waals surface area contributed by atoms with Crippen LogP contribution in [0.4, 0.5) is 5.13 Å². The van der Waals surface area contributed by atoms with Crippen LogP contribution >= 0.6 is 11.3 Å². The third-order valence-corrected chi connectivity index (χ3v) is 7.16. The molecular formula is C25H24N6OS. The van der Waals surface area contributed by atoms with E-state index < -0.39 is 0 Å². The lowest BCUT2D eigenvalue weighted by Crippen LogP contribution is -2.36. The fourth-order valence-electron chi connectivity index (χ4n) is 4.48. The average Bonchev–Trinajstić information content (AvgIpc) is 3.43. The number of aromatic nitrogens is 5. The maximum absolute atomic E-state index is 10.3. The second-order valence-electron chi connectivity index (χ2n) is 8.59. The highest BCUT2D eigenvalue weighted by Crippen LogP contribution is 2.30. The molecule has 1 saturated carbocycles. The van der Waals surface area contributed by atoms with Crippen LogP contribution in [-0.2, 0) is 6.42 Å². The predicted octanol–water partition coefficient (Wildman–Crippen LogP) is 4.94. The molecule has 6 rings (SSSR count). The Morgan fingerprint density at radius 1 is 1.06 bits per heavy atom. The molecule has 1 aliphatic rings. The molecule has 0 amide bonds. The number of thiazole rings is 1. The van der Waals surface area contributed by atoms with Crippen molar-refractivity contribution < 1.29 is 5.11 Å². The lowest BCUT2D eigenvalue weighted by molar-refractivity contribution is 0.116. The lowest BCUT2D eigenvalue weighted by atomic mass is 9.93. The second-order valence-corrected chi connectivity index (χ2v) is 9.62. The highest BCUT2D eigenvalue weighted by atomic mass is 32.1. The van der Waals surface area contributed by atoms with Crippen molar-refractivity contribution in [3.8, 4) is 11.3 Å². The zero-order valence-electron chi connectivity index (χ0n) is 18.0. The molecule has 33 heavy (non-hydrogen) atoms. The van der Waals surface area contributed by atoms with Crippen LogP contribution in [0.3, 0.4) is 0 Å². The van der Waals surface area contributed by atoms with E-state index in [1.165, 1.54) is 5.56 Å². The molecule has 5 aromatic rings. The van der Waals surface area contributed by atoms with Crippen LogP contribution in [0.5, 0.6) is 0 Å². The fourth-order valence-corrected chi connectivity index (χ4v) is 5.47. The third kappa shape index (κ3) is 4.19. The Morgan fingerprint density at radius 2 is 2.00 bits per heavy atom. The lowest BCUT2D eigenvalue weighted by Gasteiger charge is -2.27. The number of pyridine rings is 2. The number of benzene rings is 1. The number of rotatable bonds is 5. The number of fused-ring (bicyclic) bond motifs is 2. The molecule has 0 radical (unpaired) electrons. The molecule has 1 aliphatic carbocycles. The molecule has 1 fully saturated rings. The summed E-state index contributed by atoms with van der Waals surface area (Å²) in [7, 11) is 0. The molecule has 2 atom stereocenters. The zero-order chi connectivity index (χ0) is 22.2. The van der Waals surface area contributed by atoms with Gasteiger partial charge in [-0.2, -0.15) is 0 Å². The zero-order valence-corrected chi connectivity index (χ0v) is 18.8. The molecule has 2 unspecified atom stereocenters. The fraction of sp³-hybridized carbons (Fsp3) is 0.280. The number of aliphatic hydroxyl groups excluding tert-OH is 1. The van der Waals surface area contributed by atoms with Crippen LogP contribution in [0.15, 0.2) is 54.9 Å². The van der Waals surface area contributed by atoms with E-state index in [2.05, 4.69) is 43.5 Å². The first-order valence-corrected chi connectivity index (χ1v) is 12.1. The van der Waals surface area contributed by atoms with E-state index in [0.29, 0.717) is 12.1 Å². The SMILES string of the molecule is OC1CCCCC1Nc1nc2ccc(Cc3nc4ncc(-c5ccccn5)cc4[nH]3)cc2s1. The van der Waals surface area contributed by atoms with Crippen molar-refractivity contribution in [3.63, 3.8) is 0 Å². The van der Waals surface area contributed by atoms with Gasteiger partial charge < -0.3 is 15.4 Å². The van der Waals surface area contributed by atoms with Gasteiger partial charge in [-0.15, -0.1) is 0 Å². The number of H-pyrrole nitrogens is 1. The van der Waals surface area contributed by atoms with Crippen LogP contribution < -0.4 is 5.32 Å². The first kappa shape index (κ1) is 20.3. The number of aromatic amines is 1. The third-order valence-electron chi connectivity index (χ3n) is 6.21.